The van der Waals surface area contributed by atoms with E-state index in [4.69, 9.17) is 22.1 Å². The van der Waals surface area contributed by atoms with Gasteiger partial charge in [-0.3, -0.25) is 9.36 Å². The molecule has 1 aromatic carbocycles. The smallest absolute Gasteiger partial charge is 0.324 e. The molecule has 1 aliphatic heterocycles. The Bertz CT molecular complexity index is 860. The molecule has 2 aliphatic rings. The van der Waals surface area contributed by atoms with Crippen LogP contribution in [0.2, 0.25) is 0 Å². The molecule has 2 heterocycles. The zero-order valence-electron chi connectivity index (χ0n) is 15.5. The maximum atomic E-state index is 11.9. The third kappa shape index (κ3) is 4.28. The van der Waals surface area contributed by atoms with Crippen LogP contribution in [0, 0.1) is 4.77 Å². The number of carbonyl (C=O) groups is 1. The zero-order chi connectivity index (χ0) is 18.8. The first kappa shape index (κ1) is 18.7. The molecule has 6 nitrogen and oxygen atoms in total. The number of carbonyl (C=O) groups excluding carboxylic acids is 1. The SMILES string of the molecule is COC(=O)[C@@H]1C[NH+](Cn2nc(C3CC3)n(Cc3ccccc3)c2=S)CCS1. The van der Waals surface area contributed by atoms with Gasteiger partial charge in [0.2, 0.25) is 4.77 Å². The average Bonchev–Trinajstić information content (AvgIpc) is 3.50. The highest BCUT2D eigenvalue weighted by molar-refractivity contribution is 8.00. The van der Waals surface area contributed by atoms with Crippen molar-refractivity contribution in [2.75, 3.05) is 26.0 Å². The van der Waals surface area contributed by atoms with Gasteiger partial charge in [0.05, 0.1) is 20.2 Å². The lowest BCUT2D eigenvalue weighted by molar-refractivity contribution is -0.921. The van der Waals surface area contributed by atoms with Crippen LogP contribution in [0.15, 0.2) is 30.3 Å². The predicted molar refractivity (Wildman–Crippen MR) is 108 cm³/mol. The van der Waals surface area contributed by atoms with E-state index in [0.717, 1.165) is 36.0 Å². The minimum atomic E-state index is -0.130. The minimum absolute atomic E-state index is 0.0952. The van der Waals surface area contributed by atoms with E-state index in [-0.39, 0.29) is 11.2 Å². The first-order valence-electron chi connectivity index (χ1n) is 9.40. The van der Waals surface area contributed by atoms with Gasteiger partial charge in [-0.2, -0.15) is 9.78 Å². The van der Waals surface area contributed by atoms with Gasteiger partial charge in [-0.05, 0) is 30.6 Å². The van der Waals surface area contributed by atoms with E-state index in [2.05, 4.69) is 28.8 Å². The Morgan fingerprint density at radius 1 is 1.37 bits per heavy atom. The summed E-state index contributed by atoms with van der Waals surface area (Å²) in [6.07, 6.45) is 2.39. The highest BCUT2D eigenvalue weighted by Crippen LogP contribution is 2.39. The summed E-state index contributed by atoms with van der Waals surface area (Å²) in [7, 11) is 1.46. The van der Waals surface area contributed by atoms with Gasteiger partial charge in [-0.1, -0.05) is 30.3 Å². The summed E-state index contributed by atoms with van der Waals surface area (Å²) in [5, 5.41) is 4.79. The van der Waals surface area contributed by atoms with Gasteiger partial charge in [0.25, 0.3) is 0 Å². The number of esters is 1. The third-order valence-electron chi connectivity index (χ3n) is 5.16. The fourth-order valence-corrected chi connectivity index (χ4v) is 5.07. The van der Waals surface area contributed by atoms with Gasteiger partial charge in [-0.15, -0.1) is 11.8 Å². The van der Waals surface area contributed by atoms with Crippen molar-refractivity contribution in [3.63, 3.8) is 0 Å². The van der Waals surface area contributed by atoms with E-state index in [1.165, 1.54) is 30.4 Å². The van der Waals surface area contributed by atoms with Crippen molar-refractivity contribution in [1.29, 1.82) is 0 Å². The number of nitrogens with zero attached hydrogens (tertiary/aromatic N) is 3. The second kappa shape index (κ2) is 8.16. The number of rotatable bonds is 6. The number of ether oxygens (including phenoxy) is 1. The van der Waals surface area contributed by atoms with Crippen LogP contribution in [-0.2, 0) is 22.7 Å². The largest absolute Gasteiger partial charge is 0.468 e. The molecule has 27 heavy (non-hydrogen) atoms. The van der Waals surface area contributed by atoms with E-state index < -0.39 is 0 Å². The Morgan fingerprint density at radius 2 is 2.15 bits per heavy atom. The summed E-state index contributed by atoms with van der Waals surface area (Å²) in [5.74, 6) is 2.46. The van der Waals surface area contributed by atoms with Crippen LogP contribution in [0.3, 0.4) is 0 Å². The quantitative estimate of drug-likeness (QED) is 0.583. The Morgan fingerprint density at radius 3 is 2.85 bits per heavy atom. The summed E-state index contributed by atoms with van der Waals surface area (Å²) >= 11 is 7.47. The molecule has 2 atom stereocenters. The van der Waals surface area contributed by atoms with Crippen LogP contribution in [0.25, 0.3) is 0 Å². The Hall–Kier alpha value is -1.64. The van der Waals surface area contributed by atoms with E-state index >= 15 is 0 Å². The maximum absolute atomic E-state index is 11.9. The van der Waals surface area contributed by atoms with Crippen LogP contribution in [0.1, 0.15) is 30.1 Å². The summed E-state index contributed by atoms with van der Waals surface area (Å²) in [4.78, 5) is 13.2. The molecule has 144 valence electrons. The lowest BCUT2D eigenvalue weighted by Gasteiger charge is -2.27. The topological polar surface area (TPSA) is 53.5 Å². The first-order valence-corrected chi connectivity index (χ1v) is 10.9. The molecule has 2 aromatic rings. The Labute approximate surface area is 168 Å². The molecule has 1 N–H and O–H groups in total. The fourth-order valence-electron chi connectivity index (χ4n) is 3.53. The molecule has 8 heteroatoms. The molecule has 0 amide bonds. The molecule has 1 saturated heterocycles. The molecule has 2 fully saturated rings. The number of thioether (sulfide) groups is 1. The monoisotopic (exact) mass is 405 g/mol. The van der Waals surface area contributed by atoms with Gasteiger partial charge in [0.1, 0.15) is 12.4 Å². The third-order valence-corrected chi connectivity index (χ3v) is 6.80. The van der Waals surface area contributed by atoms with Crippen molar-refractivity contribution < 1.29 is 14.4 Å². The molecule has 0 radical (unpaired) electrons. The van der Waals surface area contributed by atoms with Crippen molar-refractivity contribution >= 4 is 29.9 Å². The van der Waals surface area contributed by atoms with Crippen LogP contribution < -0.4 is 4.90 Å². The van der Waals surface area contributed by atoms with Gasteiger partial charge in [-0.25, -0.2) is 0 Å². The summed E-state index contributed by atoms with van der Waals surface area (Å²) in [5.41, 5.74) is 1.24. The Kier molecular flexibility index (Phi) is 5.66. The van der Waals surface area contributed by atoms with Gasteiger partial charge >= 0.3 is 5.97 Å². The second-order valence-electron chi connectivity index (χ2n) is 7.23. The van der Waals surface area contributed by atoms with Crippen LogP contribution in [-0.4, -0.2) is 51.5 Å². The zero-order valence-corrected chi connectivity index (χ0v) is 17.1. The molecule has 1 saturated carbocycles. The number of methoxy groups -OCH3 is 1. The first-order chi connectivity index (χ1) is 13.2. The molecule has 0 spiro atoms. The highest BCUT2D eigenvalue weighted by Gasteiger charge is 2.33. The van der Waals surface area contributed by atoms with Gasteiger partial charge in [0, 0.05) is 11.7 Å². The van der Waals surface area contributed by atoms with E-state index in [9.17, 15) is 4.79 Å². The number of nitrogens with one attached hydrogen (secondary N) is 1. The average molecular weight is 406 g/mol. The lowest BCUT2D eigenvalue weighted by atomic mass is 10.2. The normalized spacial score (nSPS) is 22.6. The van der Waals surface area contributed by atoms with Crippen molar-refractivity contribution in [3.8, 4) is 0 Å². The lowest BCUT2D eigenvalue weighted by Crippen LogP contribution is -3.14. The van der Waals surface area contributed by atoms with Crippen LogP contribution in [0.5, 0.6) is 0 Å². The molecule has 1 aliphatic carbocycles. The summed E-state index contributed by atoms with van der Waals surface area (Å²) in [6.45, 7) is 3.23. The van der Waals surface area contributed by atoms with E-state index in [1.54, 1.807) is 11.8 Å². The van der Waals surface area contributed by atoms with Gasteiger partial charge in [0.15, 0.2) is 11.9 Å². The van der Waals surface area contributed by atoms with Crippen molar-refractivity contribution in [1.82, 2.24) is 14.3 Å². The summed E-state index contributed by atoms with van der Waals surface area (Å²) < 4.78 is 9.86. The number of hydrogen-bond donors (Lipinski definition) is 1. The number of benzene rings is 1. The molecular weight excluding hydrogens is 380 g/mol. The fraction of sp³-hybridized carbons (Fsp3) is 0.526. The Balaban J connectivity index is 1.54. The van der Waals surface area contributed by atoms with Crippen molar-refractivity contribution in [2.24, 2.45) is 0 Å². The second-order valence-corrected chi connectivity index (χ2v) is 8.91. The van der Waals surface area contributed by atoms with Crippen LogP contribution in [0.4, 0.5) is 0 Å². The number of aromatic nitrogens is 3. The van der Waals surface area contributed by atoms with Crippen LogP contribution >= 0.6 is 24.0 Å². The number of hydrogen-bond acceptors (Lipinski definition) is 5. The molecule has 4 rings (SSSR count). The molecular formula is C19H25N4O2S2+. The molecule has 1 aromatic heterocycles. The van der Waals surface area contributed by atoms with Crippen molar-refractivity contribution in [2.45, 2.75) is 37.2 Å². The van der Waals surface area contributed by atoms with Gasteiger partial charge < -0.3 is 9.64 Å². The number of quaternary nitrogens is 1. The predicted octanol–water partition coefficient (Wildman–Crippen LogP) is 1.47. The maximum Gasteiger partial charge on any atom is 0.324 e. The van der Waals surface area contributed by atoms with E-state index in [0.29, 0.717) is 12.6 Å². The standard InChI is InChI=1S/C19H24N4O2S2/c1-25-18(24)16-12-21(9-10-27-16)13-23-19(26)22(17(20-23)15-7-8-15)11-14-5-3-2-4-6-14/h2-6,15-16H,7-13H2,1H3/p+1/t16-/m0/s1. The minimum Gasteiger partial charge on any atom is -0.468 e. The summed E-state index contributed by atoms with van der Waals surface area (Å²) in [6, 6.07) is 10.4. The highest BCUT2D eigenvalue weighted by atomic mass is 32.2. The van der Waals surface area contributed by atoms with E-state index in [1.807, 2.05) is 10.7 Å². The molecule has 1 unspecified atom stereocenters. The van der Waals surface area contributed by atoms with Crippen molar-refractivity contribution in [3.05, 3.63) is 46.5 Å². The molecule has 0 bridgehead atoms.